The van der Waals surface area contributed by atoms with Gasteiger partial charge in [-0.05, 0) is 45.0 Å². The van der Waals surface area contributed by atoms with Gasteiger partial charge in [-0.25, -0.2) is 0 Å². The second-order valence-corrected chi connectivity index (χ2v) is 7.48. The zero-order valence-corrected chi connectivity index (χ0v) is 19.2. The molecule has 7 nitrogen and oxygen atoms in total. The molecule has 0 radical (unpaired) electrons. The lowest BCUT2D eigenvalue weighted by Gasteiger charge is -2.24. The lowest BCUT2D eigenvalue weighted by atomic mass is 10.1. The molecular weight excluding hydrogens is 402 g/mol. The molecule has 1 fully saturated rings. The van der Waals surface area contributed by atoms with Crippen LogP contribution in [0.4, 0.5) is 0 Å². The van der Waals surface area contributed by atoms with E-state index < -0.39 is 6.04 Å². The van der Waals surface area contributed by atoms with Crippen LogP contribution < -0.4 is 16.4 Å². The number of benzene rings is 2. The monoisotopic (exact) mass is 439 g/mol. The summed E-state index contributed by atoms with van der Waals surface area (Å²) in [6.07, 6.45) is 4.80. The maximum absolute atomic E-state index is 11.5. The van der Waals surface area contributed by atoms with Crippen LogP contribution in [0, 0.1) is 5.41 Å². The van der Waals surface area contributed by atoms with Gasteiger partial charge in [0.05, 0.1) is 0 Å². The Bertz CT molecular complexity index is 748. The first kappa shape index (κ1) is 26.8. The molecule has 0 bridgehead atoms. The smallest absolute Gasteiger partial charge is 0.242 e. The first-order valence-electron chi connectivity index (χ1n) is 11.1. The highest BCUT2D eigenvalue weighted by atomic mass is 16.2. The van der Waals surface area contributed by atoms with E-state index in [1.807, 2.05) is 36.4 Å². The van der Waals surface area contributed by atoms with Crippen molar-refractivity contribution in [3.05, 3.63) is 71.8 Å². The van der Waals surface area contributed by atoms with Gasteiger partial charge in [-0.2, -0.15) is 0 Å². The van der Waals surface area contributed by atoms with Gasteiger partial charge in [-0.3, -0.25) is 15.0 Å². The van der Waals surface area contributed by atoms with E-state index in [2.05, 4.69) is 22.5 Å². The maximum Gasteiger partial charge on any atom is 0.242 e. The zero-order chi connectivity index (χ0) is 23.6. The number of nitrogen functional groups attached to an aromatic ring is 1. The van der Waals surface area contributed by atoms with Crippen molar-refractivity contribution in [2.24, 2.45) is 5.73 Å². The molecule has 1 aliphatic heterocycles. The Morgan fingerprint density at radius 2 is 1.59 bits per heavy atom. The number of amidine groups is 1. The van der Waals surface area contributed by atoms with Crippen LogP contribution in [0.1, 0.15) is 44.2 Å². The number of amides is 2. The molecule has 1 atom stereocenters. The molecule has 2 aromatic carbocycles. The Morgan fingerprint density at radius 3 is 2.00 bits per heavy atom. The van der Waals surface area contributed by atoms with E-state index in [1.54, 1.807) is 31.2 Å². The second-order valence-electron chi connectivity index (χ2n) is 7.48. The molecule has 32 heavy (non-hydrogen) atoms. The zero-order valence-electron chi connectivity index (χ0n) is 19.2. The van der Waals surface area contributed by atoms with Crippen molar-refractivity contribution in [2.75, 3.05) is 19.6 Å². The molecule has 0 spiro atoms. The van der Waals surface area contributed by atoms with Crippen LogP contribution in [0.5, 0.6) is 0 Å². The fraction of sp³-hybridized carbons (Fsp3) is 0.400. The Labute approximate surface area is 191 Å². The van der Waals surface area contributed by atoms with E-state index in [0.717, 1.165) is 5.56 Å². The highest BCUT2D eigenvalue weighted by molar-refractivity contribution is 5.94. The van der Waals surface area contributed by atoms with Gasteiger partial charge in [0, 0.05) is 12.1 Å². The number of piperidine rings is 1. The Hall–Kier alpha value is -3.19. The molecule has 5 N–H and O–H groups in total. The molecule has 1 saturated heterocycles. The molecule has 174 valence electrons. The van der Waals surface area contributed by atoms with Crippen LogP contribution in [0.25, 0.3) is 0 Å². The van der Waals surface area contributed by atoms with Gasteiger partial charge < -0.3 is 21.3 Å². The number of rotatable bonds is 7. The van der Waals surface area contributed by atoms with Gasteiger partial charge in [0.15, 0.2) is 0 Å². The number of hydrogen-bond acceptors (Lipinski definition) is 4. The summed E-state index contributed by atoms with van der Waals surface area (Å²) in [4.78, 5) is 24.2. The lowest BCUT2D eigenvalue weighted by molar-refractivity contribution is -0.125. The van der Waals surface area contributed by atoms with Crippen LogP contribution in [0.15, 0.2) is 60.7 Å². The van der Waals surface area contributed by atoms with E-state index in [9.17, 15) is 9.59 Å². The average Bonchev–Trinajstić information content (AvgIpc) is 2.85. The van der Waals surface area contributed by atoms with Crippen LogP contribution >= 0.6 is 0 Å². The number of nitrogens with two attached hydrogens (primary N) is 1. The summed E-state index contributed by atoms with van der Waals surface area (Å²) in [6.45, 7) is 8.14. The number of carbonyl (C=O) groups is 2. The van der Waals surface area contributed by atoms with Crippen LogP contribution in [0.2, 0.25) is 0 Å². The van der Waals surface area contributed by atoms with Gasteiger partial charge in [0.1, 0.15) is 11.9 Å². The third-order valence-electron chi connectivity index (χ3n) is 5.01. The van der Waals surface area contributed by atoms with Crippen molar-refractivity contribution in [1.29, 1.82) is 5.41 Å². The summed E-state index contributed by atoms with van der Waals surface area (Å²) in [7, 11) is 0. The third kappa shape index (κ3) is 11.9. The highest BCUT2D eigenvalue weighted by Crippen LogP contribution is 2.06. The summed E-state index contributed by atoms with van der Waals surface area (Å²) in [5.41, 5.74) is 6.87. The Kier molecular flexibility index (Phi) is 13.8. The van der Waals surface area contributed by atoms with E-state index >= 15 is 0 Å². The standard InChI is InChI=1S/C12H16N4O2.C7H15N.C6H6/c1-8(16-7-17)12(18)15-6-9-2-4-10(5-3-9)11(13)14;1-2-8-6-4-3-5-7-8;1-2-4-6-5-3-1/h2-5,7-8H,6H2,1H3,(H3,13,14)(H,15,18)(H,16,17);2-7H2,1H3;1-6H. The number of nitrogens with one attached hydrogen (secondary N) is 3. The molecule has 0 aromatic heterocycles. The third-order valence-corrected chi connectivity index (χ3v) is 5.01. The first-order chi connectivity index (χ1) is 15.5. The van der Waals surface area contributed by atoms with Gasteiger partial charge in [-0.1, -0.05) is 74.0 Å². The SMILES string of the molecule is CC(NC=O)C(=O)NCc1ccc(C(=N)N)cc1.CCN1CCCCC1.c1ccccc1. The van der Waals surface area contributed by atoms with E-state index in [-0.39, 0.29) is 11.7 Å². The molecule has 1 aliphatic rings. The maximum atomic E-state index is 11.5. The van der Waals surface area contributed by atoms with Crippen LogP contribution in [-0.2, 0) is 16.1 Å². The van der Waals surface area contributed by atoms with Crippen molar-refractivity contribution in [3.63, 3.8) is 0 Å². The first-order valence-corrected chi connectivity index (χ1v) is 11.1. The molecule has 2 amide bonds. The minimum Gasteiger partial charge on any atom is -0.384 e. The summed E-state index contributed by atoms with van der Waals surface area (Å²) in [5, 5.41) is 12.3. The molecule has 3 rings (SSSR count). The van der Waals surface area contributed by atoms with Crippen LogP contribution in [-0.4, -0.2) is 48.7 Å². The number of carbonyl (C=O) groups excluding carboxylic acids is 2. The van der Waals surface area contributed by atoms with Crippen molar-refractivity contribution >= 4 is 18.2 Å². The molecule has 2 aromatic rings. The fourth-order valence-corrected chi connectivity index (χ4v) is 2.98. The lowest BCUT2D eigenvalue weighted by Crippen LogP contribution is -2.41. The summed E-state index contributed by atoms with van der Waals surface area (Å²) >= 11 is 0. The Balaban J connectivity index is 0.000000296. The van der Waals surface area contributed by atoms with Gasteiger partial charge in [0.25, 0.3) is 0 Å². The second kappa shape index (κ2) is 16.5. The quantitative estimate of drug-likeness (QED) is 0.302. The Morgan fingerprint density at radius 1 is 1.06 bits per heavy atom. The molecule has 0 saturated carbocycles. The highest BCUT2D eigenvalue weighted by Gasteiger charge is 2.10. The fourth-order valence-electron chi connectivity index (χ4n) is 2.98. The summed E-state index contributed by atoms with van der Waals surface area (Å²) in [6, 6.07) is 18.5. The molecular formula is C25H37N5O2. The normalized spacial score (nSPS) is 13.8. The summed E-state index contributed by atoms with van der Waals surface area (Å²) < 4.78 is 0. The number of nitrogens with zero attached hydrogens (tertiary/aromatic N) is 1. The van der Waals surface area contributed by atoms with Gasteiger partial charge in [0.2, 0.25) is 12.3 Å². The topological polar surface area (TPSA) is 111 Å². The minimum atomic E-state index is -0.556. The molecule has 7 heteroatoms. The van der Waals surface area contributed by atoms with Gasteiger partial charge >= 0.3 is 0 Å². The predicted octanol–water partition coefficient (Wildman–Crippen LogP) is 2.90. The van der Waals surface area contributed by atoms with Crippen molar-refractivity contribution in [2.45, 2.75) is 45.7 Å². The molecule has 0 aliphatic carbocycles. The minimum absolute atomic E-state index is 0.00870. The van der Waals surface area contributed by atoms with E-state index in [1.165, 1.54) is 38.9 Å². The van der Waals surface area contributed by atoms with Crippen molar-refractivity contribution in [1.82, 2.24) is 15.5 Å². The van der Waals surface area contributed by atoms with Gasteiger partial charge in [-0.15, -0.1) is 0 Å². The van der Waals surface area contributed by atoms with Crippen molar-refractivity contribution in [3.8, 4) is 0 Å². The number of hydrogen-bond donors (Lipinski definition) is 4. The van der Waals surface area contributed by atoms with Crippen molar-refractivity contribution < 1.29 is 9.59 Å². The van der Waals surface area contributed by atoms with E-state index in [4.69, 9.17) is 11.1 Å². The predicted molar refractivity (Wildman–Crippen MR) is 130 cm³/mol. The molecule has 1 unspecified atom stereocenters. The summed E-state index contributed by atoms with van der Waals surface area (Å²) in [5.74, 6) is -0.243. The average molecular weight is 440 g/mol. The van der Waals surface area contributed by atoms with E-state index in [0.29, 0.717) is 18.5 Å². The van der Waals surface area contributed by atoms with Crippen LogP contribution in [0.3, 0.4) is 0 Å². The number of likely N-dealkylation sites (tertiary alicyclic amines) is 1. The largest absolute Gasteiger partial charge is 0.384 e. The molecule has 1 heterocycles.